The molecule has 22 heavy (non-hydrogen) atoms. The molecule has 2 N–H and O–H groups in total. The van der Waals surface area contributed by atoms with Crippen molar-refractivity contribution < 1.29 is 9.53 Å². The molecule has 0 saturated heterocycles. The number of nitrogens with one attached hydrogen (secondary N) is 2. The number of benzene rings is 1. The van der Waals surface area contributed by atoms with Gasteiger partial charge in [0.15, 0.2) is 0 Å². The van der Waals surface area contributed by atoms with Crippen molar-refractivity contribution in [1.29, 1.82) is 0 Å². The third-order valence-electron chi connectivity index (χ3n) is 2.80. The second-order valence-corrected chi connectivity index (χ2v) is 5.25. The van der Waals surface area contributed by atoms with Crippen molar-refractivity contribution in [2.24, 2.45) is 0 Å². The number of pyridine rings is 1. The minimum Gasteiger partial charge on any atom is -0.383 e. The Kier molecular flexibility index (Phi) is 6.00. The smallest absolute Gasteiger partial charge is 0.269 e. The first-order chi connectivity index (χ1) is 10.6. The topological polar surface area (TPSA) is 63.2 Å². The van der Waals surface area contributed by atoms with E-state index >= 15 is 0 Å². The third-order valence-corrected chi connectivity index (χ3v) is 3.54. The standard InChI is InChI=1S/C15H15Cl2N3O2/c1-22-7-6-18-15(21)14-5-3-11(9-19-14)20-10-2-4-12(16)13(17)8-10/h2-5,8-9,20H,6-7H2,1H3,(H,18,21). The van der Waals surface area contributed by atoms with Crippen molar-refractivity contribution in [2.45, 2.75) is 0 Å². The fourth-order valence-corrected chi connectivity index (χ4v) is 2.00. The first-order valence-corrected chi connectivity index (χ1v) is 7.31. The van der Waals surface area contributed by atoms with Gasteiger partial charge in [0.1, 0.15) is 5.69 Å². The van der Waals surface area contributed by atoms with Gasteiger partial charge < -0.3 is 15.4 Å². The van der Waals surface area contributed by atoms with Gasteiger partial charge in [0.2, 0.25) is 0 Å². The lowest BCUT2D eigenvalue weighted by Crippen LogP contribution is -2.27. The summed E-state index contributed by atoms with van der Waals surface area (Å²) in [5, 5.41) is 6.80. The van der Waals surface area contributed by atoms with Crippen LogP contribution < -0.4 is 10.6 Å². The molecule has 7 heteroatoms. The Bertz CT molecular complexity index is 648. The highest BCUT2D eigenvalue weighted by atomic mass is 35.5. The van der Waals surface area contributed by atoms with Crippen molar-refractivity contribution in [1.82, 2.24) is 10.3 Å². The predicted molar refractivity (Wildman–Crippen MR) is 88.2 cm³/mol. The lowest BCUT2D eigenvalue weighted by Gasteiger charge is -2.08. The predicted octanol–water partition coefficient (Wildman–Crippen LogP) is 3.51. The summed E-state index contributed by atoms with van der Waals surface area (Å²) in [5.74, 6) is -0.238. The van der Waals surface area contributed by atoms with E-state index in [-0.39, 0.29) is 5.91 Å². The molecule has 0 radical (unpaired) electrons. The average molecular weight is 340 g/mol. The van der Waals surface area contributed by atoms with Crippen LogP contribution >= 0.6 is 23.2 Å². The Balaban J connectivity index is 1.99. The number of halogens is 2. The van der Waals surface area contributed by atoms with Crippen LogP contribution in [0.3, 0.4) is 0 Å². The van der Waals surface area contributed by atoms with E-state index in [9.17, 15) is 4.79 Å². The van der Waals surface area contributed by atoms with Crippen LogP contribution in [0.5, 0.6) is 0 Å². The Hall–Kier alpha value is -1.82. The summed E-state index contributed by atoms with van der Waals surface area (Å²) in [6.07, 6.45) is 1.58. The fourth-order valence-electron chi connectivity index (χ4n) is 1.70. The number of ether oxygens (including phenoxy) is 1. The number of anilines is 2. The molecule has 0 unspecified atom stereocenters. The largest absolute Gasteiger partial charge is 0.383 e. The van der Waals surface area contributed by atoms with E-state index in [1.54, 1.807) is 43.6 Å². The molecular weight excluding hydrogens is 325 g/mol. The Morgan fingerprint density at radius 3 is 2.59 bits per heavy atom. The zero-order valence-electron chi connectivity index (χ0n) is 11.9. The van der Waals surface area contributed by atoms with Crippen LogP contribution in [0.25, 0.3) is 0 Å². The molecule has 1 amide bonds. The molecule has 2 aromatic rings. The summed E-state index contributed by atoms with van der Waals surface area (Å²) in [4.78, 5) is 15.9. The molecule has 0 aliphatic heterocycles. The maximum Gasteiger partial charge on any atom is 0.269 e. The maximum absolute atomic E-state index is 11.8. The van der Waals surface area contributed by atoms with Crippen LogP contribution in [0.15, 0.2) is 36.5 Å². The number of amides is 1. The van der Waals surface area contributed by atoms with E-state index < -0.39 is 0 Å². The molecule has 5 nitrogen and oxygen atoms in total. The summed E-state index contributed by atoms with van der Waals surface area (Å²) in [7, 11) is 1.58. The summed E-state index contributed by atoms with van der Waals surface area (Å²) in [6.45, 7) is 0.906. The lowest BCUT2D eigenvalue weighted by atomic mass is 10.3. The van der Waals surface area contributed by atoms with Crippen molar-refractivity contribution in [3.05, 3.63) is 52.3 Å². The monoisotopic (exact) mass is 339 g/mol. The van der Waals surface area contributed by atoms with Crippen LogP contribution in [0.4, 0.5) is 11.4 Å². The molecular formula is C15H15Cl2N3O2. The summed E-state index contributed by atoms with van der Waals surface area (Å²) < 4.78 is 4.87. The first kappa shape index (κ1) is 16.5. The summed E-state index contributed by atoms with van der Waals surface area (Å²) in [6, 6.07) is 8.63. The van der Waals surface area contributed by atoms with Gasteiger partial charge in [0.25, 0.3) is 5.91 Å². The van der Waals surface area contributed by atoms with E-state index in [1.807, 2.05) is 0 Å². The van der Waals surface area contributed by atoms with E-state index in [0.29, 0.717) is 28.9 Å². The number of carbonyl (C=O) groups excluding carboxylic acids is 1. The highest BCUT2D eigenvalue weighted by Crippen LogP contribution is 2.26. The maximum atomic E-state index is 11.8. The van der Waals surface area contributed by atoms with E-state index in [0.717, 1.165) is 11.4 Å². The third kappa shape index (κ3) is 4.59. The Morgan fingerprint density at radius 2 is 1.95 bits per heavy atom. The zero-order valence-corrected chi connectivity index (χ0v) is 13.4. The Labute approximate surface area is 138 Å². The molecule has 116 valence electrons. The lowest BCUT2D eigenvalue weighted by molar-refractivity contribution is 0.0932. The van der Waals surface area contributed by atoms with Crippen LogP contribution in [0.2, 0.25) is 10.0 Å². The molecule has 2 rings (SSSR count). The second kappa shape index (κ2) is 7.98. The molecule has 0 aliphatic carbocycles. The average Bonchev–Trinajstić information content (AvgIpc) is 2.52. The van der Waals surface area contributed by atoms with Gasteiger partial charge in [0.05, 0.1) is 28.5 Å². The number of hydrogen-bond acceptors (Lipinski definition) is 4. The number of rotatable bonds is 6. The van der Waals surface area contributed by atoms with Gasteiger partial charge in [-0.3, -0.25) is 4.79 Å². The Morgan fingerprint density at radius 1 is 1.18 bits per heavy atom. The molecule has 0 bridgehead atoms. The number of carbonyl (C=O) groups is 1. The van der Waals surface area contributed by atoms with Gasteiger partial charge in [-0.15, -0.1) is 0 Å². The SMILES string of the molecule is COCCNC(=O)c1ccc(Nc2ccc(Cl)c(Cl)c2)cn1. The first-order valence-electron chi connectivity index (χ1n) is 6.55. The van der Waals surface area contributed by atoms with E-state index in [4.69, 9.17) is 27.9 Å². The van der Waals surface area contributed by atoms with Crippen LogP contribution in [0.1, 0.15) is 10.5 Å². The molecule has 1 heterocycles. The minimum atomic E-state index is -0.238. The van der Waals surface area contributed by atoms with Crippen LogP contribution in [-0.2, 0) is 4.74 Å². The van der Waals surface area contributed by atoms with Gasteiger partial charge in [-0.1, -0.05) is 23.2 Å². The van der Waals surface area contributed by atoms with Gasteiger partial charge in [-0.05, 0) is 30.3 Å². The molecule has 0 fully saturated rings. The number of methoxy groups -OCH3 is 1. The van der Waals surface area contributed by atoms with Crippen molar-refractivity contribution in [3.63, 3.8) is 0 Å². The molecule has 0 saturated carbocycles. The van der Waals surface area contributed by atoms with Crippen LogP contribution in [0, 0.1) is 0 Å². The molecule has 0 spiro atoms. The van der Waals surface area contributed by atoms with Gasteiger partial charge in [0, 0.05) is 19.3 Å². The van der Waals surface area contributed by atoms with Crippen molar-refractivity contribution >= 4 is 40.5 Å². The van der Waals surface area contributed by atoms with Gasteiger partial charge >= 0.3 is 0 Å². The van der Waals surface area contributed by atoms with E-state index in [2.05, 4.69) is 15.6 Å². The quantitative estimate of drug-likeness (QED) is 0.790. The second-order valence-electron chi connectivity index (χ2n) is 4.43. The van der Waals surface area contributed by atoms with Crippen molar-refractivity contribution in [3.8, 4) is 0 Å². The minimum absolute atomic E-state index is 0.238. The fraction of sp³-hybridized carbons (Fsp3) is 0.200. The van der Waals surface area contributed by atoms with Gasteiger partial charge in [-0.25, -0.2) is 4.98 Å². The normalized spacial score (nSPS) is 10.3. The molecule has 0 atom stereocenters. The highest BCUT2D eigenvalue weighted by Gasteiger charge is 2.06. The number of aromatic nitrogens is 1. The van der Waals surface area contributed by atoms with Gasteiger partial charge in [-0.2, -0.15) is 0 Å². The molecule has 0 aliphatic rings. The molecule has 1 aromatic carbocycles. The number of nitrogens with zero attached hydrogens (tertiary/aromatic N) is 1. The van der Waals surface area contributed by atoms with Crippen LogP contribution in [-0.4, -0.2) is 31.2 Å². The zero-order chi connectivity index (χ0) is 15.9. The summed E-state index contributed by atoms with van der Waals surface area (Å²) >= 11 is 11.8. The van der Waals surface area contributed by atoms with Crippen molar-refractivity contribution in [2.75, 3.05) is 25.6 Å². The summed E-state index contributed by atoms with van der Waals surface area (Å²) in [5.41, 5.74) is 1.87. The highest BCUT2D eigenvalue weighted by molar-refractivity contribution is 6.42. The molecule has 1 aromatic heterocycles. The number of hydrogen-bond donors (Lipinski definition) is 2. The van der Waals surface area contributed by atoms with E-state index in [1.165, 1.54) is 0 Å².